The normalized spacial score (nSPS) is 11.5. The molecule has 0 aliphatic rings. The molecule has 0 aliphatic carbocycles. The van der Waals surface area contributed by atoms with Crippen LogP contribution in [0.1, 0.15) is 11.1 Å². The second-order valence-electron chi connectivity index (χ2n) is 5.49. The number of hydrogen-bond donors (Lipinski definition) is 0. The second kappa shape index (κ2) is 5.58. The molecule has 110 valence electrons. The van der Waals surface area contributed by atoms with Crippen LogP contribution < -0.4 is 5.63 Å². The molecule has 0 fully saturated rings. The molecule has 4 rings (SSSR count). The van der Waals surface area contributed by atoms with E-state index in [0.717, 1.165) is 16.5 Å². The van der Waals surface area contributed by atoms with Gasteiger partial charge in [-0.1, -0.05) is 54.6 Å². The van der Waals surface area contributed by atoms with Gasteiger partial charge in [-0.25, -0.2) is 4.79 Å². The highest BCUT2D eigenvalue weighted by molar-refractivity contribution is 5.87. The minimum Gasteiger partial charge on any atom is -0.423 e. The van der Waals surface area contributed by atoms with Crippen molar-refractivity contribution in [2.45, 2.75) is 0 Å². The Morgan fingerprint density at radius 1 is 0.652 bits per heavy atom. The van der Waals surface area contributed by atoms with E-state index in [-0.39, 0.29) is 5.63 Å². The third-order valence-corrected chi connectivity index (χ3v) is 3.89. The third-order valence-electron chi connectivity index (χ3n) is 3.89. The van der Waals surface area contributed by atoms with E-state index in [1.807, 2.05) is 30.3 Å². The van der Waals surface area contributed by atoms with Crippen molar-refractivity contribution in [3.63, 3.8) is 0 Å². The number of benzene rings is 3. The molecule has 3 aromatic carbocycles. The largest absolute Gasteiger partial charge is 0.423 e. The first-order valence-corrected chi connectivity index (χ1v) is 7.49. The van der Waals surface area contributed by atoms with Gasteiger partial charge in [0.1, 0.15) is 5.58 Å². The lowest BCUT2D eigenvalue weighted by atomic mass is 10.1. The van der Waals surface area contributed by atoms with Crippen LogP contribution in [-0.4, -0.2) is 0 Å². The molecule has 4 aromatic rings. The Bertz CT molecular complexity index is 1090. The summed E-state index contributed by atoms with van der Waals surface area (Å²) >= 11 is 0. The molecule has 2 heteroatoms. The van der Waals surface area contributed by atoms with Gasteiger partial charge in [0.15, 0.2) is 0 Å². The van der Waals surface area contributed by atoms with Crippen molar-refractivity contribution in [2.75, 3.05) is 0 Å². The van der Waals surface area contributed by atoms with Crippen LogP contribution in [0.2, 0.25) is 0 Å². The lowest BCUT2D eigenvalue weighted by Crippen LogP contribution is -1.93. The summed E-state index contributed by atoms with van der Waals surface area (Å²) in [5.74, 6) is 0. The van der Waals surface area contributed by atoms with Gasteiger partial charge in [0.2, 0.25) is 0 Å². The van der Waals surface area contributed by atoms with Gasteiger partial charge in [0.25, 0.3) is 0 Å². The molecule has 0 unspecified atom stereocenters. The summed E-state index contributed by atoms with van der Waals surface area (Å²) < 4.78 is 5.15. The molecule has 2 nitrogen and oxygen atoms in total. The molecular weight excluding hydrogens is 284 g/mol. The number of rotatable bonds is 2. The Hall–Kier alpha value is -3.13. The zero-order valence-corrected chi connectivity index (χ0v) is 12.4. The van der Waals surface area contributed by atoms with E-state index in [9.17, 15) is 4.79 Å². The number of hydrogen-bond acceptors (Lipinski definition) is 2. The first-order valence-electron chi connectivity index (χ1n) is 7.49. The van der Waals surface area contributed by atoms with Crippen molar-refractivity contribution in [3.8, 4) is 0 Å². The van der Waals surface area contributed by atoms with Crippen molar-refractivity contribution in [1.29, 1.82) is 0 Å². The highest BCUT2D eigenvalue weighted by atomic mass is 16.4. The van der Waals surface area contributed by atoms with Crippen LogP contribution in [0.15, 0.2) is 82.0 Å². The molecule has 1 aromatic heterocycles. The fourth-order valence-corrected chi connectivity index (χ4v) is 2.70. The average Bonchev–Trinajstić information content (AvgIpc) is 2.59. The van der Waals surface area contributed by atoms with Crippen molar-refractivity contribution in [1.82, 2.24) is 0 Å². The van der Waals surface area contributed by atoms with Crippen molar-refractivity contribution >= 4 is 33.9 Å². The Labute approximate surface area is 133 Å². The Balaban J connectivity index is 1.69. The van der Waals surface area contributed by atoms with Crippen LogP contribution in [-0.2, 0) is 0 Å². The average molecular weight is 298 g/mol. The molecule has 0 atom stereocenters. The van der Waals surface area contributed by atoms with Gasteiger partial charge in [0, 0.05) is 11.5 Å². The van der Waals surface area contributed by atoms with Gasteiger partial charge < -0.3 is 4.42 Å². The van der Waals surface area contributed by atoms with Gasteiger partial charge in [-0.15, -0.1) is 0 Å². The van der Waals surface area contributed by atoms with Crippen LogP contribution in [0.5, 0.6) is 0 Å². The minimum atomic E-state index is -0.322. The fourth-order valence-electron chi connectivity index (χ4n) is 2.70. The predicted molar refractivity (Wildman–Crippen MR) is 95.4 cm³/mol. The zero-order chi connectivity index (χ0) is 15.6. The Morgan fingerprint density at radius 2 is 1.30 bits per heavy atom. The molecule has 0 amide bonds. The molecule has 0 aliphatic heterocycles. The topological polar surface area (TPSA) is 30.2 Å². The molecule has 1 heterocycles. The maximum atomic E-state index is 11.2. The van der Waals surface area contributed by atoms with E-state index in [0.29, 0.717) is 5.58 Å². The molecule has 0 saturated carbocycles. The molecule has 23 heavy (non-hydrogen) atoms. The van der Waals surface area contributed by atoms with Crippen LogP contribution in [0.3, 0.4) is 0 Å². The summed E-state index contributed by atoms with van der Waals surface area (Å²) in [4.78, 5) is 11.2. The summed E-state index contributed by atoms with van der Waals surface area (Å²) in [5, 5.41) is 3.39. The standard InChI is InChI=1S/C21H14O2/c22-21-12-10-19-14-16(8-11-20(19)23-21)6-5-15-7-9-17-3-1-2-4-18(17)13-15/h1-14H/b6-5+. The van der Waals surface area contributed by atoms with Gasteiger partial charge in [-0.2, -0.15) is 0 Å². The smallest absolute Gasteiger partial charge is 0.336 e. The van der Waals surface area contributed by atoms with Crippen LogP contribution in [0, 0.1) is 0 Å². The minimum absolute atomic E-state index is 0.322. The predicted octanol–water partition coefficient (Wildman–Crippen LogP) is 5.12. The highest BCUT2D eigenvalue weighted by Crippen LogP contribution is 2.19. The first kappa shape index (κ1) is 13.5. The van der Waals surface area contributed by atoms with Crippen molar-refractivity contribution in [2.24, 2.45) is 0 Å². The maximum Gasteiger partial charge on any atom is 0.336 e. The summed E-state index contributed by atoms with van der Waals surface area (Å²) in [7, 11) is 0. The molecular formula is C21H14O2. The highest BCUT2D eigenvalue weighted by Gasteiger charge is 1.98. The summed E-state index contributed by atoms with van der Waals surface area (Å²) in [6.45, 7) is 0. The van der Waals surface area contributed by atoms with Gasteiger partial charge in [0.05, 0.1) is 0 Å². The van der Waals surface area contributed by atoms with Gasteiger partial charge in [-0.3, -0.25) is 0 Å². The van der Waals surface area contributed by atoms with Gasteiger partial charge in [-0.05, 0) is 46.2 Å². The van der Waals surface area contributed by atoms with E-state index in [4.69, 9.17) is 4.42 Å². The maximum absolute atomic E-state index is 11.2. The first-order chi connectivity index (χ1) is 11.3. The summed E-state index contributed by atoms with van der Waals surface area (Å²) in [5.41, 5.74) is 2.51. The quantitative estimate of drug-likeness (QED) is 0.380. The lowest BCUT2D eigenvalue weighted by molar-refractivity contribution is 0.561. The van der Waals surface area contributed by atoms with E-state index < -0.39 is 0 Å². The number of fused-ring (bicyclic) bond motifs is 2. The van der Waals surface area contributed by atoms with Crippen molar-refractivity contribution < 1.29 is 4.42 Å². The van der Waals surface area contributed by atoms with E-state index in [1.54, 1.807) is 6.07 Å². The zero-order valence-electron chi connectivity index (χ0n) is 12.4. The van der Waals surface area contributed by atoms with Gasteiger partial charge >= 0.3 is 5.63 Å². The summed E-state index contributed by atoms with van der Waals surface area (Å²) in [6, 6.07) is 23.8. The van der Waals surface area contributed by atoms with Crippen LogP contribution in [0.25, 0.3) is 33.9 Å². The molecule has 0 N–H and O–H groups in total. The molecule has 0 saturated heterocycles. The molecule has 0 spiro atoms. The molecule has 0 radical (unpaired) electrons. The Morgan fingerprint density at radius 3 is 2.13 bits per heavy atom. The third kappa shape index (κ3) is 2.79. The van der Waals surface area contributed by atoms with E-state index >= 15 is 0 Å². The van der Waals surface area contributed by atoms with Crippen LogP contribution in [0.4, 0.5) is 0 Å². The van der Waals surface area contributed by atoms with Crippen molar-refractivity contribution in [3.05, 3.63) is 94.3 Å². The Kier molecular flexibility index (Phi) is 3.28. The molecule has 0 bridgehead atoms. The lowest BCUT2D eigenvalue weighted by Gasteiger charge is -2.00. The SMILES string of the molecule is O=c1ccc2cc(/C=C/c3ccc4ccccc4c3)ccc2o1. The summed E-state index contributed by atoms with van der Waals surface area (Å²) in [6.07, 6.45) is 4.15. The monoisotopic (exact) mass is 298 g/mol. The second-order valence-corrected chi connectivity index (χ2v) is 5.49. The fraction of sp³-hybridized carbons (Fsp3) is 0. The van der Waals surface area contributed by atoms with Crippen LogP contribution >= 0.6 is 0 Å². The van der Waals surface area contributed by atoms with E-state index in [2.05, 4.69) is 42.5 Å². The van der Waals surface area contributed by atoms with E-state index in [1.165, 1.54) is 16.8 Å².